The summed E-state index contributed by atoms with van der Waals surface area (Å²) in [6.45, 7) is 4.04. The maximum atomic E-state index is 11.7. The molecule has 1 saturated carbocycles. The number of anilines is 1. The average molecular weight is 294 g/mol. The molecule has 2 heterocycles. The van der Waals surface area contributed by atoms with Crippen LogP contribution in [0.3, 0.4) is 0 Å². The Morgan fingerprint density at radius 2 is 1.90 bits per heavy atom. The van der Waals surface area contributed by atoms with Crippen molar-refractivity contribution >= 4 is 22.4 Å². The molecule has 0 unspecified atom stereocenters. The summed E-state index contributed by atoms with van der Waals surface area (Å²) in [6.07, 6.45) is 8.18. The van der Waals surface area contributed by atoms with Crippen LogP contribution in [0.2, 0.25) is 0 Å². The number of methoxy groups -OCH3 is 1. The molecular formula is C15H22N2O2S. The van der Waals surface area contributed by atoms with Gasteiger partial charge in [0, 0.05) is 13.1 Å². The summed E-state index contributed by atoms with van der Waals surface area (Å²) < 4.78 is 4.81. The number of aromatic nitrogens is 1. The van der Waals surface area contributed by atoms with Gasteiger partial charge in [0.2, 0.25) is 0 Å². The van der Waals surface area contributed by atoms with E-state index in [1.165, 1.54) is 57.0 Å². The van der Waals surface area contributed by atoms with Gasteiger partial charge in [-0.05, 0) is 38.0 Å². The number of rotatable bonds is 2. The zero-order chi connectivity index (χ0) is 14.2. The Morgan fingerprint density at radius 3 is 2.50 bits per heavy atom. The van der Waals surface area contributed by atoms with E-state index in [1.54, 1.807) is 0 Å². The van der Waals surface area contributed by atoms with Crippen molar-refractivity contribution in [3.8, 4) is 0 Å². The van der Waals surface area contributed by atoms with E-state index < -0.39 is 0 Å². The van der Waals surface area contributed by atoms with Crippen LogP contribution in [0, 0.1) is 12.3 Å². The first-order valence-electron chi connectivity index (χ1n) is 7.44. The van der Waals surface area contributed by atoms with Crippen LogP contribution in [0.4, 0.5) is 5.13 Å². The van der Waals surface area contributed by atoms with Crippen LogP contribution in [0.25, 0.3) is 0 Å². The van der Waals surface area contributed by atoms with Crippen LogP contribution in [0.5, 0.6) is 0 Å². The Kier molecular flexibility index (Phi) is 3.71. The highest BCUT2D eigenvalue weighted by molar-refractivity contribution is 7.17. The molecule has 2 aliphatic rings. The van der Waals surface area contributed by atoms with Crippen LogP contribution in [0.1, 0.15) is 53.9 Å². The molecule has 0 N–H and O–H groups in total. The van der Waals surface area contributed by atoms with Gasteiger partial charge in [-0.3, -0.25) is 0 Å². The van der Waals surface area contributed by atoms with Crippen molar-refractivity contribution in [2.45, 2.75) is 45.4 Å². The number of hydrogen-bond donors (Lipinski definition) is 0. The third-order valence-corrected chi connectivity index (χ3v) is 6.11. The molecule has 110 valence electrons. The molecule has 2 fully saturated rings. The van der Waals surface area contributed by atoms with Gasteiger partial charge in [0.1, 0.15) is 4.88 Å². The van der Waals surface area contributed by atoms with Gasteiger partial charge < -0.3 is 9.64 Å². The van der Waals surface area contributed by atoms with Crippen molar-refractivity contribution in [3.63, 3.8) is 0 Å². The van der Waals surface area contributed by atoms with Gasteiger partial charge in [0.05, 0.1) is 12.8 Å². The van der Waals surface area contributed by atoms with E-state index in [2.05, 4.69) is 9.88 Å². The second kappa shape index (κ2) is 5.35. The summed E-state index contributed by atoms with van der Waals surface area (Å²) in [7, 11) is 1.42. The van der Waals surface area contributed by atoms with E-state index in [0.717, 1.165) is 23.9 Å². The molecule has 3 rings (SSSR count). The number of piperidine rings is 1. The van der Waals surface area contributed by atoms with Gasteiger partial charge in [0.25, 0.3) is 0 Å². The van der Waals surface area contributed by atoms with E-state index >= 15 is 0 Å². The first kappa shape index (κ1) is 13.9. The first-order valence-corrected chi connectivity index (χ1v) is 8.26. The lowest BCUT2D eigenvalue weighted by molar-refractivity contribution is 0.0605. The fourth-order valence-corrected chi connectivity index (χ4v) is 4.63. The summed E-state index contributed by atoms with van der Waals surface area (Å²) in [4.78, 5) is 19.2. The molecule has 5 heteroatoms. The van der Waals surface area contributed by atoms with Crippen molar-refractivity contribution in [2.24, 2.45) is 5.41 Å². The fraction of sp³-hybridized carbons (Fsp3) is 0.733. The summed E-state index contributed by atoms with van der Waals surface area (Å²) in [5.74, 6) is -0.268. The quantitative estimate of drug-likeness (QED) is 0.784. The molecule has 1 spiro atoms. The average Bonchev–Trinajstić information content (AvgIpc) is 3.06. The number of nitrogens with zero attached hydrogens (tertiary/aromatic N) is 2. The molecule has 1 aromatic heterocycles. The maximum absolute atomic E-state index is 11.7. The molecule has 4 nitrogen and oxygen atoms in total. The first-order chi connectivity index (χ1) is 9.63. The van der Waals surface area contributed by atoms with Gasteiger partial charge in [-0.1, -0.05) is 24.2 Å². The summed E-state index contributed by atoms with van der Waals surface area (Å²) >= 11 is 1.47. The second-order valence-electron chi connectivity index (χ2n) is 6.10. The summed E-state index contributed by atoms with van der Waals surface area (Å²) in [6, 6.07) is 0. The molecule has 0 aromatic carbocycles. The minimum atomic E-state index is -0.268. The van der Waals surface area contributed by atoms with Crippen LogP contribution < -0.4 is 4.90 Å². The molecule has 1 saturated heterocycles. The lowest BCUT2D eigenvalue weighted by atomic mass is 9.77. The van der Waals surface area contributed by atoms with Crippen LogP contribution >= 0.6 is 11.3 Å². The van der Waals surface area contributed by atoms with E-state index in [0.29, 0.717) is 10.3 Å². The number of thiazole rings is 1. The number of aryl methyl sites for hydroxylation is 1. The molecule has 0 radical (unpaired) electrons. The molecule has 0 amide bonds. The zero-order valence-corrected chi connectivity index (χ0v) is 13.1. The minimum absolute atomic E-state index is 0.268. The summed E-state index contributed by atoms with van der Waals surface area (Å²) in [5.41, 5.74) is 1.41. The molecule has 1 aliphatic carbocycles. The molecular weight excluding hydrogens is 272 g/mol. The Bertz CT molecular complexity index is 496. The molecule has 0 bridgehead atoms. The predicted octanol–water partition coefficient (Wildman–Crippen LogP) is 3.40. The third kappa shape index (κ3) is 2.43. The number of carbonyl (C=O) groups is 1. The predicted molar refractivity (Wildman–Crippen MR) is 80.5 cm³/mol. The highest BCUT2D eigenvalue weighted by atomic mass is 32.1. The topological polar surface area (TPSA) is 42.4 Å². The third-order valence-electron chi connectivity index (χ3n) is 4.91. The van der Waals surface area contributed by atoms with Gasteiger partial charge in [-0.25, -0.2) is 9.78 Å². The lowest BCUT2D eigenvalue weighted by Crippen LogP contribution is -2.38. The van der Waals surface area contributed by atoms with Crippen LogP contribution in [0.15, 0.2) is 0 Å². The number of hydrogen-bond acceptors (Lipinski definition) is 5. The van der Waals surface area contributed by atoms with Crippen molar-refractivity contribution in [1.82, 2.24) is 4.98 Å². The van der Waals surface area contributed by atoms with E-state index in [-0.39, 0.29) is 5.97 Å². The van der Waals surface area contributed by atoms with E-state index in [1.807, 2.05) is 6.92 Å². The number of ether oxygens (including phenoxy) is 1. The SMILES string of the molecule is COC(=O)c1sc(N2CCC3(CCCC3)CC2)nc1C. The summed E-state index contributed by atoms with van der Waals surface area (Å²) in [5, 5.41) is 0.982. The maximum Gasteiger partial charge on any atom is 0.350 e. The van der Waals surface area contributed by atoms with Crippen molar-refractivity contribution in [2.75, 3.05) is 25.1 Å². The number of carbonyl (C=O) groups excluding carboxylic acids is 1. The Morgan fingerprint density at radius 1 is 1.25 bits per heavy atom. The Labute approximate surface area is 124 Å². The zero-order valence-electron chi connectivity index (χ0n) is 12.3. The molecule has 20 heavy (non-hydrogen) atoms. The van der Waals surface area contributed by atoms with E-state index in [9.17, 15) is 4.79 Å². The Balaban J connectivity index is 1.70. The fourth-order valence-electron chi connectivity index (χ4n) is 3.60. The monoisotopic (exact) mass is 294 g/mol. The van der Waals surface area contributed by atoms with Crippen LogP contribution in [-0.2, 0) is 4.74 Å². The van der Waals surface area contributed by atoms with Crippen molar-refractivity contribution in [1.29, 1.82) is 0 Å². The molecule has 0 atom stereocenters. The van der Waals surface area contributed by atoms with E-state index in [4.69, 9.17) is 4.74 Å². The standard InChI is InChI=1S/C15H22N2O2S/c1-11-12(13(18)19-2)20-14(16-11)17-9-7-15(8-10-17)5-3-4-6-15/h3-10H2,1-2H3. The normalized spacial score (nSPS) is 21.4. The highest BCUT2D eigenvalue weighted by Gasteiger charge is 2.37. The second-order valence-corrected chi connectivity index (χ2v) is 7.07. The lowest BCUT2D eigenvalue weighted by Gasteiger charge is -2.39. The molecule has 1 aliphatic heterocycles. The van der Waals surface area contributed by atoms with Gasteiger partial charge >= 0.3 is 5.97 Å². The largest absolute Gasteiger partial charge is 0.465 e. The van der Waals surface area contributed by atoms with Gasteiger partial charge in [-0.15, -0.1) is 0 Å². The smallest absolute Gasteiger partial charge is 0.350 e. The highest BCUT2D eigenvalue weighted by Crippen LogP contribution is 2.47. The van der Waals surface area contributed by atoms with Crippen molar-refractivity contribution in [3.05, 3.63) is 10.6 Å². The number of esters is 1. The van der Waals surface area contributed by atoms with Gasteiger partial charge in [0.15, 0.2) is 5.13 Å². The van der Waals surface area contributed by atoms with Gasteiger partial charge in [-0.2, -0.15) is 0 Å². The molecule has 1 aromatic rings. The Hall–Kier alpha value is -1.10. The minimum Gasteiger partial charge on any atom is -0.465 e. The van der Waals surface area contributed by atoms with Crippen LogP contribution in [-0.4, -0.2) is 31.2 Å². The van der Waals surface area contributed by atoms with Crippen molar-refractivity contribution < 1.29 is 9.53 Å².